The number of rotatable bonds is 9. The SMILES string of the molecule is CCOc1cc(/C=N\NC(=O)[C@H]2CC(=O)N(c3ccc(Br)cc3)C2)ccc1OCc1ccc(F)cc1. The van der Waals surface area contributed by atoms with E-state index in [1.807, 2.05) is 31.2 Å². The number of hydrogen-bond donors (Lipinski definition) is 1. The lowest BCUT2D eigenvalue weighted by Gasteiger charge is -2.16. The molecule has 0 bridgehead atoms. The van der Waals surface area contributed by atoms with Gasteiger partial charge in [-0.1, -0.05) is 28.1 Å². The van der Waals surface area contributed by atoms with Crippen LogP contribution < -0.4 is 19.8 Å². The molecule has 4 rings (SSSR count). The van der Waals surface area contributed by atoms with Crippen LogP contribution in [0.4, 0.5) is 10.1 Å². The third kappa shape index (κ3) is 6.48. The molecule has 0 radical (unpaired) electrons. The van der Waals surface area contributed by atoms with Gasteiger partial charge in [0.2, 0.25) is 11.8 Å². The third-order valence-corrected chi connectivity index (χ3v) is 6.13. The summed E-state index contributed by atoms with van der Waals surface area (Å²) in [4.78, 5) is 26.6. The topological polar surface area (TPSA) is 80.2 Å². The van der Waals surface area contributed by atoms with Crippen LogP contribution in [-0.4, -0.2) is 31.2 Å². The number of carbonyl (C=O) groups is 2. The van der Waals surface area contributed by atoms with Gasteiger partial charge in [0.1, 0.15) is 12.4 Å². The van der Waals surface area contributed by atoms with Crippen LogP contribution in [0, 0.1) is 11.7 Å². The maximum atomic E-state index is 13.1. The fraction of sp³-hybridized carbons (Fsp3) is 0.222. The Kier molecular flexibility index (Phi) is 8.32. The van der Waals surface area contributed by atoms with Crippen molar-refractivity contribution in [3.63, 3.8) is 0 Å². The van der Waals surface area contributed by atoms with Crippen LogP contribution in [-0.2, 0) is 16.2 Å². The number of hydrazone groups is 1. The van der Waals surface area contributed by atoms with Crippen LogP contribution in [0.15, 0.2) is 76.3 Å². The molecule has 1 aliphatic rings. The highest BCUT2D eigenvalue weighted by atomic mass is 79.9. The molecule has 0 aliphatic carbocycles. The van der Waals surface area contributed by atoms with Gasteiger partial charge in [0, 0.05) is 23.1 Å². The molecule has 0 aromatic heterocycles. The van der Waals surface area contributed by atoms with Crippen molar-refractivity contribution in [3.8, 4) is 11.5 Å². The van der Waals surface area contributed by atoms with Gasteiger partial charge in [-0.05, 0) is 72.6 Å². The zero-order chi connectivity index (χ0) is 25.5. The summed E-state index contributed by atoms with van der Waals surface area (Å²) >= 11 is 3.38. The minimum absolute atomic E-state index is 0.0981. The largest absolute Gasteiger partial charge is 0.490 e. The van der Waals surface area contributed by atoms with Gasteiger partial charge in [-0.15, -0.1) is 0 Å². The first-order valence-electron chi connectivity index (χ1n) is 11.5. The minimum Gasteiger partial charge on any atom is -0.490 e. The Bertz CT molecular complexity index is 1250. The second-order valence-electron chi connectivity index (χ2n) is 8.17. The van der Waals surface area contributed by atoms with Crippen molar-refractivity contribution < 1.29 is 23.5 Å². The molecule has 9 heteroatoms. The van der Waals surface area contributed by atoms with E-state index in [0.717, 1.165) is 15.7 Å². The zero-order valence-electron chi connectivity index (χ0n) is 19.6. The Balaban J connectivity index is 1.35. The second-order valence-corrected chi connectivity index (χ2v) is 9.09. The molecular weight excluding hydrogens is 529 g/mol. The van der Waals surface area contributed by atoms with E-state index < -0.39 is 5.92 Å². The zero-order valence-corrected chi connectivity index (χ0v) is 21.2. The lowest BCUT2D eigenvalue weighted by molar-refractivity contribution is -0.126. The first-order chi connectivity index (χ1) is 17.4. The Morgan fingerprint density at radius 3 is 2.58 bits per heavy atom. The number of benzene rings is 3. The standard InChI is InChI=1S/C27H25BrFN3O4/c1-2-35-25-13-19(5-12-24(25)36-17-18-3-8-22(29)9-4-18)15-30-31-27(34)20-14-26(33)32(16-20)23-10-6-21(28)7-11-23/h3-13,15,20H,2,14,16-17H2,1H3,(H,31,34)/b30-15-/t20-/m0/s1. The molecule has 36 heavy (non-hydrogen) atoms. The van der Waals surface area contributed by atoms with E-state index in [1.165, 1.54) is 18.3 Å². The van der Waals surface area contributed by atoms with E-state index in [9.17, 15) is 14.0 Å². The second kappa shape index (κ2) is 11.8. The molecular formula is C27H25BrFN3O4. The molecule has 1 N–H and O–H groups in total. The summed E-state index contributed by atoms with van der Waals surface area (Å²) in [5.41, 5.74) is 4.82. The van der Waals surface area contributed by atoms with Crippen LogP contribution in [0.25, 0.3) is 0 Å². The molecule has 1 atom stereocenters. The number of hydrogen-bond acceptors (Lipinski definition) is 5. The Labute approximate surface area is 217 Å². The molecule has 0 saturated carbocycles. The summed E-state index contributed by atoms with van der Waals surface area (Å²) < 4.78 is 25.5. The predicted molar refractivity (Wildman–Crippen MR) is 139 cm³/mol. The van der Waals surface area contributed by atoms with Crippen LogP contribution in [0.1, 0.15) is 24.5 Å². The van der Waals surface area contributed by atoms with E-state index in [-0.39, 0.29) is 30.7 Å². The van der Waals surface area contributed by atoms with Crippen LogP contribution in [0.3, 0.4) is 0 Å². The van der Waals surface area contributed by atoms with Crippen molar-refractivity contribution in [3.05, 3.63) is 88.1 Å². The summed E-state index contributed by atoms with van der Waals surface area (Å²) in [5.74, 6) is -0.130. The fourth-order valence-electron chi connectivity index (χ4n) is 3.75. The molecule has 1 heterocycles. The average Bonchev–Trinajstić information content (AvgIpc) is 3.27. The van der Waals surface area contributed by atoms with Gasteiger partial charge in [0.25, 0.3) is 0 Å². The van der Waals surface area contributed by atoms with Gasteiger partial charge in [0.15, 0.2) is 11.5 Å². The van der Waals surface area contributed by atoms with Crippen LogP contribution in [0.5, 0.6) is 11.5 Å². The number of nitrogens with zero attached hydrogens (tertiary/aromatic N) is 2. The Hall–Kier alpha value is -3.72. The van der Waals surface area contributed by atoms with Gasteiger partial charge in [-0.25, -0.2) is 9.82 Å². The fourth-order valence-corrected chi connectivity index (χ4v) is 4.01. The monoisotopic (exact) mass is 553 g/mol. The van der Waals surface area contributed by atoms with Crippen LogP contribution in [0.2, 0.25) is 0 Å². The maximum absolute atomic E-state index is 13.1. The first kappa shape index (κ1) is 25.4. The summed E-state index contributed by atoms with van der Waals surface area (Å²) in [5, 5.41) is 4.06. The molecule has 3 aromatic carbocycles. The Morgan fingerprint density at radius 2 is 1.86 bits per heavy atom. The van der Waals surface area contributed by atoms with E-state index in [0.29, 0.717) is 30.2 Å². The highest BCUT2D eigenvalue weighted by molar-refractivity contribution is 9.10. The summed E-state index contributed by atoms with van der Waals surface area (Å²) in [6.45, 7) is 2.87. The van der Waals surface area contributed by atoms with E-state index in [1.54, 1.807) is 35.2 Å². The highest BCUT2D eigenvalue weighted by Crippen LogP contribution is 2.29. The van der Waals surface area contributed by atoms with E-state index >= 15 is 0 Å². The molecule has 1 fully saturated rings. The van der Waals surface area contributed by atoms with E-state index in [2.05, 4.69) is 26.5 Å². The van der Waals surface area contributed by atoms with Gasteiger partial charge in [0.05, 0.1) is 18.7 Å². The van der Waals surface area contributed by atoms with Crippen LogP contribution >= 0.6 is 15.9 Å². The predicted octanol–water partition coefficient (Wildman–Crippen LogP) is 5.07. The van der Waals surface area contributed by atoms with Gasteiger partial charge in [-0.3, -0.25) is 9.59 Å². The Morgan fingerprint density at radius 1 is 1.11 bits per heavy atom. The van der Waals surface area contributed by atoms with E-state index in [4.69, 9.17) is 9.47 Å². The van der Waals surface area contributed by atoms with Gasteiger partial charge < -0.3 is 14.4 Å². The van der Waals surface area contributed by atoms with Crippen molar-refractivity contribution in [1.29, 1.82) is 0 Å². The summed E-state index contributed by atoms with van der Waals surface area (Å²) in [7, 11) is 0. The van der Waals surface area contributed by atoms with Crippen molar-refractivity contribution >= 4 is 39.6 Å². The van der Waals surface area contributed by atoms with Crippen molar-refractivity contribution in [2.45, 2.75) is 20.0 Å². The maximum Gasteiger partial charge on any atom is 0.245 e. The highest BCUT2D eigenvalue weighted by Gasteiger charge is 2.35. The van der Waals surface area contributed by atoms with Gasteiger partial charge in [-0.2, -0.15) is 5.10 Å². The molecule has 1 saturated heterocycles. The quantitative estimate of drug-likeness (QED) is 0.296. The molecule has 0 spiro atoms. The average molecular weight is 554 g/mol. The molecule has 1 aliphatic heterocycles. The molecule has 3 aromatic rings. The number of anilines is 1. The molecule has 2 amide bonds. The lowest BCUT2D eigenvalue weighted by Crippen LogP contribution is -2.30. The normalized spacial score (nSPS) is 15.4. The lowest BCUT2D eigenvalue weighted by atomic mass is 10.1. The van der Waals surface area contributed by atoms with Crippen molar-refractivity contribution in [2.24, 2.45) is 11.0 Å². The number of nitrogens with one attached hydrogen (secondary N) is 1. The number of carbonyl (C=O) groups excluding carboxylic acids is 2. The first-order valence-corrected chi connectivity index (χ1v) is 12.2. The number of amides is 2. The number of halogens is 2. The molecule has 186 valence electrons. The summed E-state index contributed by atoms with van der Waals surface area (Å²) in [6, 6.07) is 18.8. The third-order valence-electron chi connectivity index (χ3n) is 5.60. The van der Waals surface area contributed by atoms with Crippen molar-refractivity contribution in [2.75, 3.05) is 18.1 Å². The smallest absolute Gasteiger partial charge is 0.245 e. The molecule has 7 nitrogen and oxygen atoms in total. The van der Waals surface area contributed by atoms with Crippen molar-refractivity contribution in [1.82, 2.24) is 5.43 Å². The number of ether oxygens (including phenoxy) is 2. The minimum atomic E-state index is -0.487. The summed E-state index contributed by atoms with van der Waals surface area (Å²) in [6.07, 6.45) is 1.64. The molecule has 0 unspecified atom stereocenters. The van der Waals surface area contributed by atoms with Gasteiger partial charge >= 0.3 is 0 Å².